The van der Waals surface area contributed by atoms with Crippen LogP contribution in [0.25, 0.3) is 0 Å². The molecule has 0 aliphatic heterocycles. The van der Waals surface area contributed by atoms with Crippen LogP contribution in [0, 0.1) is 0 Å². The summed E-state index contributed by atoms with van der Waals surface area (Å²) in [6, 6.07) is 6.19. The Hall–Kier alpha value is -1.11. The van der Waals surface area contributed by atoms with Gasteiger partial charge in [0.1, 0.15) is 5.75 Å². The molecule has 0 saturated heterocycles. The summed E-state index contributed by atoms with van der Waals surface area (Å²) in [5.41, 5.74) is 4.82. The molecule has 0 amide bonds. The molecule has 5 nitrogen and oxygen atoms in total. The molecule has 1 aromatic carbocycles. The van der Waals surface area contributed by atoms with Crippen LogP contribution in [0.1, 0.15) is 13.8 Å². The first-order valence-corrected chi connectivity index (χ1v) is 6.67. The van der Waals surface area contributed by atoms with Crippen molar-refractivity contribution in [2.75, 3.05) is 13.7 Å². The van der Waals surface area contributed by atoms with E-state index < -0.39 is 15.6 Å². The van der Waals surface area contributed by atoms with Crippen molar-refractivity contribution in [3.05, 3.63) is 24.3 Å². The number of ether oxygens (including phenoxy) is 1. The number of sulfonamides is 1. The van der Waals surface area contributed by atoms with Gasteiger partial charge in [-0.1, -0.05) is 0 Å². The molecule has 0 spiro atoms. The maximum atomic E-state index is 12.0. The van der Waals surface area contributed by atoms with Gasteiger partial charge < -0.3 is 10.5 Å². The zero-order valence-corrected chi connectivity index (χ0v) is 11.0. The molecular formula is C11H18N2O3S. The predicted molar refractivity (Wildman–Crippen MR) is 66.4 cm³/mol. The van der Waals surface area contributed by atoms with E-state index in [1.165, 1.54) is 19.2 Å². The third-order valence-corrected chi connectivity index (χ3v) is 4.00. The van der Waals surface area contributed by atoms with Crippen LogP contribution >= 0.6 is 0 Å². The molecule has 0 heterocycles. The summed E-state index contributed by atoms with van der Waals surface area (Å²) in [6.07, 6.45) is 0. The Kier molecular flexibility index (Phi) is 4.13. The first kappa shape index (κ1) is 14.0. The zero-order valence-electron chi connectivity index (χ0n) is 10.2. The summed E-state index contributed by atoms with van der Waals surface area (Å²) < 4.78 is 31.5. The molecule has 0 saturated carbocycles. The van der Waals surface area contributed by atoms with Crippen LogP contribution in [0.4, 0.5) is 0 Å². The lowest BCUT2D eigenvalue weighted by molar-refractivity contribution is 0.414. The van der Waals surface area contributed by atoms with Gasteiger partial charge >= 0.3 is 0 Å². The Bertz CT molecular complexity index is 466. The van der Waals surface area contributed by atoms with E-state index >= 15 is 0 Å². The molecule has 0 bridgehead atoms. The molecule has 17 heavy (non-hydrogen) atoms. The molecule has 3 N–H and O–H groups in total. The van der Waals surface area contributed by atoms with Crippen molar-refractivity contribution in [1.82, 2.24) is 4.72 Å². The van der Waals surface area contributed by atoms with Crippen molar-refractivity contribution in [1.29, 1.82) is 0 Å². The van der Waals surface area contributed by atoms with Crippen molar-refractivity contribution in [2.24, 2.45) is 5.73 Å². The molecule has 0 aliphatic rings. The average Bonchev–Trinajstić information content (AvgIpc) is 2.28. The Labute approximate surface area is 102 Å². The highest BCUT2D eigenvalue weighted by Gasteiger charge is 2.24. The molecule has 1 aromatic rings. The van der Waals surface area contributed by atoms with Crippen molar-refractivity contribution >= 4 is 10.0 Å². The highest BCUT2D eigenvalue weighted by molar-refractivity contribution is 7.89. The summed E-state index contributed by atoms with van der Waals surface area (Å²) in [7, 11) is -2.01. The van der Waals surface area contributed by atoms with E-state index in [1.807, 2.05) is 0 Å². The monoisotopic (exact) mass is 258 g/mol. The number of rotatable bonds is 5. The van der Waals surface area contributed by atoms with Crippen LogP contribution < -0.4 is 15.2 Å². The Morgan fingerprint density at radius 2 is 1.82 bits per heavy atom. The number of hydrogen-bond acceptors (Lipinski definition) is 4. The first-order valence-electron chi connectivity index (χ1n) is 5.19. The second-order valence-electron chi connectivity index (χ2n) is 4.37. The highest BCUT2D eigenvalue weighted by atomic mass is 32.2. The molecule has 96 valence electrons. The molecule has 0 aromatic heterocycles. The lowest BCUT2D eigenvalue weighted by atomic mass is 10.1. The normalized spacial score (nSPS) is 12.5. The van der Waals surface area contributed by atoms with Gasteiger partial charge in [-0.15, -0.1) is 0 Å². The quantitative estimate of drug-likeness (QED) is 0.815. The SMILES string of the molecule is COc1ccc(S(=O)(=O)NC(C)(C)CN)cc1. The average molecular weight is 258 g/mol. The van der Waals surface area contributed by atoms with Crippen molar-refractivity contribution in [3.63, 3.8) is 0 Å². The van der Waals surface area contributed by atoms with Crippen molar-refractivity contribution < 1.29 is 13.2 Å². The molecule has 0 atom stereocenters. The molecular weight excluding hydrogens is 240 g/mol. The summed E-state index contributed by atoms with van der Waals surface area (Å²) in [5.74, 6) is 0.613. The second-order valence-corrected chi connectivity index (χ2v) is 6.05. The summed E-state index contributed by atoms with van der Waals surface area (Å²) in [4.78, 5) is 0.194. The second kappa shape index (κ2) is 5.03. The first-order chi connectivity index (χ1) is 7.80. The number of methoxy groups -OCH3 is 1. The third kappa shape index (κ3) is 3.69. The van der Waals surface area contributed by atoms with Gasteiger partial charge in [-0.05, 0) is 38.1 Å². The van der Waals surface area contributed by atoms with Gasteiger partial charge in [0, 0.05) is 12.1 Å². The van der Waals surface area contributed by atoms with Gasteiger partial charge in [0.05, 0.1) is 12.0 Å². The minimum atomic E-state index is -3.54. The van der Waals surface area contributed by atoms with E-state index in [9.17, 15) is 8.42 Å². The predicted octanol–water partition coefficient (Wildman–Crippen LogP) is 0.711. The molecule has 0 fully saturated rings. The van der Waals surface area contributed by atoms with E-state index in [0.717, 1.165) is 0 Å². The lowest BCUT2D eigenvalue weighted by Crippen LogP contribution is -2.48. The largest absolute Gasteiger partial charge is 0.497 e. The molecule has 0 unspecified atom stereocenters. The lowest BCUT2D eigenvalue weighted by Gasteiger charge is -2.23. The van der Waals surface area contributed by atoms with E-state index in [4.69, 9.17) is 10.5 Å². The van der Waals surface area contributed by atoms with Gasteiger partial charge in [-0.2, -0.15) is 0 Å². The maximum Gasteiger partial charge on any atom is 0.241 e. The Balaban J connectivity index is 2.97. The van der Waals surface area contributed by atoms with Crippen LogP contribution in [-0.2, 0) is 10.0 Å². The van der Waals surface area contributed by atoms with Crippen molar-refractivity contribution in [3.8, 4) is 5.75 Å². The minimum Gasteiger partial charge on any atom is -0.497 e. The van der Waals surface area contributed by atoms with E-state index in [0.29, 0.717) is 5.75 Å². The topological polar surface area (TPSA) is 81.4 Å². The van der Waals surface area contributed by atoms with Crippen molar-refractivity contribution in [2.45, 2.75) is 24.3 Å². The molecule has 0 radical (unpaired) electrons. The fourth-order valence-corrected chi connectivity index (χ4v) is 2.64. The maximum absolute atomic E-state index is 12.0. The summed E-state index contributed by atoms with van der Waals surface area (Å²) in [5, 5.41) is 0. The standard InChI is InChI=1S/C11H18N2O3S/c1-11(2,8-12)13-17(14,15)10-6-4-9(16-3)5-7-10/h4-7,13H,8,12H2,1-3H3. The van der Waals surface area contributed by atoms with Gasteiger partial charge in [0.2, 0.25) is 10.0 Å². The Morgan fingerprint density at radius 3 is 2.24 bits per heavy atom. The fourth-order valence-electron chi connectivity index (χ4n) is 1.22. The van der Waals surface area contributed by atoms with Crippen LogP contribution in [0.5, 0.6) is 5.75 Å². The molecule has 6 heteroatoms. The fraction of sp³-hybridized carbons (Fsp3) is 0.455. The van der Waals surface area contributed by atoms with Gasteiger partial charge in [0.15, 0.2) is 0 Å². The highest BCUT2D eigenvalue weighted by Crippen LogP contribution is 2.16. The van der Waals surface area contributed by atoms with E-state index in [1.54, 1.807) is 26.0 Å². The Morgan fingerprint density at radius 1 is 1.29 bits per heavy atom. The number of nitrogens with two attached hydrogens (primary N) is 1. The molecule has 0 aliphatic carbocycles. The van der Waals surface area contributed by atoms with Gasteiger partial charge in [-0.3, -0.25) is 0 Å². The van der Waals surface area contributed by atoms with Crippen LogP contribution in [0.2, 0.25) is 0 Å². The summed E-state index contributed by atoms with van der Waals surface area (Å²) in [6.45, 7) is 3.69. The van der Waals surface area contributed by atoms with Gasteiger partial charge in [-0.25, -0.2) is 13.1 Å². The molecule has 1 rings (SSSR count). The number of hydrogen-bond donors (Lipinski definition) is 2. The minimum absolute atomic E-state index is 0.194. The van der Waals surface area contributed by atoms with Crippen LogP contribution in [0.3, 0.4) is 0 Å². The summed E-state index contributed by atoms with van der Waals surface area (Å²) >= 11 is 0. The number of nitrogens with one attached hydrogen (secondary N) is 1. The number of benzene rings is 1. The van der Waals surface area contributed by atoms with E-state index in [2.05, 4.69) is 4.72 Å². The smallest absolute Gasteiger partial charge is 0.241 e. The van der Waals surface area contributed by atoms with E-state index in [-0.39, 0.29) is 11.4 Å². The zero-order chi connectivity index (χ0) is 13.1. The van der Waals surface area contributed by atoms with Crippen LogP contribution in [-0.4, -0.2) is 27.6 Å². The van der Waals surface area contributed by atoms with Gasteiger partial charge in [0.25, 0.3) is 0 Å². The van der Waals surface area contributed by atoms with Crippen LogP contribution in [0.15, 0.2) is 29.2 Å². The third-order valence-electron chi connectivity index (χ3n) is 2.29.